The summed E-state index contributed by atoms with van der Waals surface area (Å²) in [5.41, 5.74) is 0. The van der Waals surface area contributed by atoms with E-state index in [0.717, 1.165) is 19.3 Å². The molecule has 0 spiro atoms. The molecule has 0 saturated carbocycles. The van der Waals surface area contributed by atoms with Crippen LogP contribution in [0.3, 0.4) is 0 Å². The van der Waals surface area contributed by atoms with Gasteiger partial charge in [0.25, 0.3) is 0 Å². The Morgan fingerprint density at radius 2 is 2.00 bits per heavy atom. The zero-order valence-corrected chi connectivity index (χ0v) is 7.49. The number of hydrogen-bond acceptors (Lipinski definition) is 2. The highest BCUT2D eigenvalue weighted by molar-refractivity contribution is 4.56. The third-order valence-corrected chi connectivity index (χ3v) is 1.89. The molecule has 0 aromatic heterocycles. The topological polar surface area (TPSA) is 63.0 Å². The summed E-state index contributed by atoms with van der Waals surface area (Å²) < 4.78 is 0. The van der Waals surface area contributed by atoms with Gasteiger partial charge in [0.15, 0.2) is 0 Å². The van der Waals surface area contributed by atoms with Crippen LogP contribution in [0, 0.1) is 10.1 Å². The summed E-state index contributed by atoms with van der Waals surface area (Å²) in [4.78, 5) is 10.0. The van der Waals surface area contributed by atoms with Gasteiger partial charge in [-0.25, -0.2) is 5.11 Å². The van der Waals surface area contributed by atoms with E-state index in [1.807, 2.05) is 0 Å². The van der Waals surface area contributed by atoms with Crippen molar-refractivity contribution in [2.24, 2.45) is 0 Å². The van der Waals surface area contributed by atoms with Crippen molar-refractivity contribution in [1.82, 2.24) is 0 Å². The lowest BCUT2D eigenvalue weighted by atomic mass is 10.1. The van der Waals surface area contributed by atoms with E-state index < -0.39 is 6.04 Å². The molecule has 0 aromatic carbocycles. The third-order valence-electron chi connectivity index (χ3n) is 1.89. The maximum absolute atomic E-state index is 10.4. The minimum atomic E-state index is -0.603. The first-order valence-corrected chi connectivity index (χ1v) is 4.44. The molecule has 1 radical (unpaired) electrons. The van der Waals surface area contributed by atoms with Crippen molar-refractivity contribution in [2.75, 3.05) is 6.61 Å². The first kappa shape index (κ1) is 11.4. The van der Waals surface area contributed by atoms with Gasteiger partial charge in [-0.3, -0.25) is 10.1 Å². The number of nitro groups is 1. The Labute approximate surface area is 72.7 Å². The van der Waals surface area contributed by atoms with Crippen LogP contribution in [-0.2, 0) is 5.11 Å². The standard InChI is InChI=1S/C8H16NO3/c1-2-3-4-5-8(6-7-10)9(11)12/h8H,2-7H2,1H3. The van der Waals surface area contributed by atoms with Gasteiger partial charge in [0.1, 0.15) is 0 Å². The molecule has 0 N–H and O–H groups in total. The molecule has 0 aromatic rings. The van der Waals surface area contributed by atoms with E-state index in [4.69, 9.17) is 0 Å². The van der Waals surface area contributed by atoms with Crippen LogP contribution in [0.4, 0.5) is 0 Å². The van der Waals surface area contributed by atoms with Gasteiger partial charge in [0.2, 0.25) is 6.04 Å². The van der Waals surface area contributed by atoms with Crippen LogP contribution >= 0.6 is 0 Å². The van der Waals surface area contributed by atoms with E-state index in [9.17, 15) is 15.2 Å². The number of unbranched alkanes of at least 4 members (excludes halogenated alkanes) is 2. The van der Waals surface area contributed by atoms with Crippen LogP contribution in [0.5, 0.6) is 0 Å². The fourth-order valence-electron chi connectivity index (χ4n) is 1.12. The molecule has 0 rings (SSSR count). The van der Waals surface area contributed by atoms with Crippen LogP contribution in [0.2, 0.25) is 0 Å². The number of hydrogen-bond donors (Lipinski definition) is 0. The smallest absolute Gasteiger partial charge is 0.215 e. The summed E-state index contributed by atoms with van der Waals surface area (Å²) in [5.74, 6) is 0. The maximum Gasteiger partial charge on any atom is 0.215 e. The minimum Gasteiger partial charge on any atom is -0.264 e. The highest BCUT2D eigenvalue weighted by atomic mass is 16.6. The van der Waals surface area contributed by atoms with E-state index in [0.29, 0.717) is 6.42 Å². The lowest BCUT2D eigenvalue weighted by Crippen LogP contribution is -2.20. The van der Waals surface area contributed by atoms with Gasteiger partial charge in [0.05, 0.1) is 6.61 Å². The Morgan fingerprint density at radius 3 is 2.42 bits per heavy atom. The minimum absolute atomic E-state index is 0.177. The molecule has 0 aliphatic carbocycles. The lowest BCUT2D eigenvalue weighted by molar-refractivity contribution is -0.525. The Bertz CT molecular complexity index is 127. The maximum atomic E-state index is 10.4. The van der Waals surface area contributed by atoms with Gasteiger partial charge >= 0.3 is 0 Å². The van der Waals surface area contributed by atoms with E-state index in [2.05, 4.69) is 6.92 Å². The first-order valence-electron chi connectivity index (χ1n) is 4.44. The highest BCUT2D eigenvalue weighted by Gasteiger charge is 2.18. The quantitative estimate of drug-likeness (QED) is 0.337. The van der Waals surface area contributed by atoms with E-state index in [-0.39, 0.29) is 18.0 Å². The molecule has 0 heterocycles. The van der Waals surface area contributed by atoms with Crippen molar-refractivity contribution in [3.63, 3.8) is 0 Å². The molecular formula is C8H16NO3. The Balaban J connectivity index is 3.56. The monoisotopic (exact) mass is 174 g/mol. The van der Waals surface area contributed by atoms with Crippen molar-refractivity contribution < 1.29 is 10.0 Å². The normalized spacial score (nSPS) is 12.8. The molecule has 1 atom stereocenters. The zero-order valence-electron chi connectivity index (χ0n) is 7.49. The highest BCUT2D eigenvalue weighted by Crippen LogP contribution is 2.08. The molecule has 4 nitrogen and oxygen atoms in total. The van der Waals surface area contributed by atoms with Crippen LogP contribution < -0.4 is 0 Å². The summed E-state index contributed by atoms with van der Waals surface area (Å²) in [6.45, 7) is 1.71. The lowest BCUT2D eigenvalue weighted by Gasteiger charge is -2.05. The van der Waals surface area contributed by atoms with Crippen LogP contribution in [0.1, 0.15) is 39.0 Å². The van der Waals surface area contributed by atoms with Gasteiger partial charge in [-0.15, -0.1) is 0 Å². The SMILES string of the molecule is CCCCCC(CC[O])[N+](=O)[O-]. The number of rotatable bonds is 7. The largest absolute Gasteiger partial charge is 0.264 e. The van der Waals surface area contributed by atoms with Gasteiger partial charge < -0.3 is 0 Å². The average molecular weight is 174 g/mol. The molecule has 0 bridgehead atoms. The first-order chi connectivity index (χ1) is 5.72. The van der Waals surface area contributed by atoms with Crippen molar-refractivity contribution in [2.45, 2.75) is 45.1 Å². The van der Waals surface area contributed by atoms with Crippen LogP contribution in [0.15, 0.2) is 0 Å². The zero-order chi connectivity index (χ0) is 9.40. The summed E-state index contributed by atoms with van der Waals surface area (Å²) in [5, 5.41) is 20.5. The van der Waals surface area contributed by atoms with Gasteiger partial charge in [-0.2, -0.15) is 0 Å². The Morgan fingerprint density at radius 1 is 1.33 bits per heavy atom. The Hall–Kier alpha value is -0.640. The second-order valence-electron chi connectivity index (χ2n) is 2.93. The van der Waals surface area contributed by atoms with Crippen molar-refractivity contribution in [3.05, 3.63) is 10.1 Å². The summed E-state index contributed by atoms with van der Waals surface area (Å²) in [6, 6.07) is -0.603. The van der Waals surface area contributed by atoms with Gasteiger partial charge in [-0.05, 0) is 6.42 Å². The van der Waals surface area contributed by atoms with Crippen molar-refractivity contribution in [1.29, 1.82) is 0 Å². The van der Waals surface area contributed by atoms with Gasteiger partial charge in [0, 0.05) is 17.8 Å². The van der Waals surface area contributed by atoms with Crippen LogP contribution in [-0.4, -0.2) is 17.6 Å². The molecule has 0 amide bonds. The van der Waals surface area contributed by atoms with Crippen LogP contribution in [0.25, 0.3) is 0 Å². The molecule has 0 aliphatic heterocycles. The molecule has 12 heavy (non-hydrogen) atoms. The predicted octanol–water partition coefficient (Wildman–Crippen LogP) is 2.03. The van der Waals surface area contributed by atoms with Gasteiger partial charge in [-0.1, -0.05) is 19.8 Å². The van der Waals surface area contributed by atoms with E-state index in [1.54, 1.807) is 0 Å². The second-order valence-corrected chi connectivity index (χ2v) is 2.93. The molecule has 1 unspecified atom stereocenters. The summed E-state index contributed by atoms with van der Waals surface area (Å²) >= 11 is 0. The molecule has 71 valence electrons. The molecule has 0 aliphatic rings. The Kier molecular flexibility index (Phi) is 6.66. The van der Waals surface area contributed by atoms with Crippen molar-refractivity contribution >= 4 is 0 Å². The average Bonchev–Trinajstić information content (AvgIpc) is 2.03. The fraction of sp³-hybridized carbons (Fsp3) is 1.00. The molecular weight excluding hydrogens is 158 g/mol. The van der Waals surface area contributed by atoms with E-state index >= 15 is 0 Å². The van der Waals surface area contributed by atoms with E-state index in [1.165, 1.54) is 0 Å². The molecule has 4 heteroatoms. The fourth-order valence-corrected chi connectivity index (χ4v) is 1.12. The molecule has 0 saturated heterocycles. The predicted molar refractivity (Wildman–Crippen MR) is 45.1 cm³/mol. The third kappa shape index (κ3) is 5.07. The number of nitrogens with zero attached hydrogens (tertiary/aromatic N) is 1. The summed E-state index contributed by atoms with van der Waals surface area (Å²) in [6.07, 6.45) is 3.67. The second kappa shape index (κ2) is 7.03. The molecule has 0 fully saturated rings. The van der Waals surface area contributed by atoms with Crippen molar-refractivity contribution in [3.8, 4) is 0 Å². The summed E-state index contributed by atoms with van der Waals surface area (Å²) in [7, 11) is 0.